The Bertz CT molecular complexity index is 586. The molecule has 1 fully saturated rings. The molecule has 18 heavy (non-hydrogen) atoms. The molecule has 1 aromatic heterocycles. The van der Waals surface area contributed by atoms with E-state index in [0.29, 0.717) is 11.9 Å². The van der Waals surface area contributed by atoms with Crippen LogP contribution in [0, 0.1) is 0 Å². The van der Waals surface area contributed by atoms with Crippen molar-refractivity contribution < 1.29 is 19.2 Å². The molecule has 5 heteroatoms. The van der Waals surface area contributed by atoms with Gasteiger partial charge in [-0.1, -0.05) is 17.3 Å². The molecular weight excluding hydrogens is 234 g/mol. The van der Waals surface area contributed by atoms with Crippen LogP contribution in [-0.4, -0.2) is 22.3 Å². The highest BCUT2D eigenvalue weighted by Gasteiger charge is 2.23. The zero-order valence-electron chi connectivity index (χ0n) is 9.50. The van der Waals surface area contributed by atoms with E-state index in [9.17, 15) is 4.79 Å². The largest absolute Gasteiger partial charge is 0.490 e. The number of hydrogen-bond donors (Lipinski definition) is 1. The van der Waals surface area contributed by atoms with Crippen LogP contribution >= 0.6 is 0 Å². The van der Waals surface area contributed by atoms with Crippen molar-refractivity contribution in [1.82, 2.24) is 5.16 Å². The molecule has 1 saturated carbocycles. The Morgan fingerprint density at radius 2 is 2.22 bits per heavy atom. The molecular formula is C13H11NO4. The number of nitrogens with zero attached hydrogens (tertiary/aromatic N) is 1. The predicted octanol–water partition coefficient (Wildman–Crippen LogP) is 2.58. The number of ether oxygens (including phenoxy) is 1. The molecule has 1 aliphatic carbocycles. The Labute approximate surface area is 103 Å². The summed E-state index contributed by atoms with van der Waals surface area (Å²) < 4.78 is 10.7. The van der Waals surface area contributed by atoms with Gasteiger partial charge in [-0.25, -0.2) is 4.79 Å². The lowest BCUT2D eigenvalue weighted by atomic mass is 10.1. The fourth-order valence-electron chi connectivity index (χ4n) is 1.61. The summed E-state index contributed by atoms with van der Waals surface area (Å²) in [6.07, 6.45) is 2.51. The van der Waals surface area contributed by atoms with E-state index in [4.69, 9.17) is 14.4 Å². The first-order chi connectivity index (χ1) is 8.72. The first-order valence-electron chi connectivity index (χ1n) is 5.69. The minimum Gasteiger partial charge on any atom is -0.490 e. The SMILES string of the molecule is O=C(O)c1cc(-c2cccc(OC3CC3)c2)on1. The molecule has 1 aromatic carbocycles. The average Bonchev–Trinajstić information content (AvgIpc) is 3.03. The fraction of sp³-hybridized carbons (Fsp3) is 0.231. The third-order valence-corrected chi connectivity index (χ3v) is 2.67. The van der Waals surface area contributed by atoms with Gasteiger partial charge in [0.05, 0.1) is 6.10 Å². The van der Waals surface area contributed by atoms with Gasteiger partial charge in [0.25, 0.3) is 0 Å². The second kappa shape index (κ2) is 4.18. The smallest absolute Gasteiger partial charge is 0.358 e. The standard InChI is InChI=1S/C13H11NO4/c15-13(16)11-7-12(18-14-11)8-2-1-3-10(6-8)17-9-4-5-9/h1-3,6-7,9H,4-5H2,(H,15,16). The maximum absolute atomic E-state index is 10.7. The van der Waals surface area contributed by atoms with Gasteiger partial charge in [-0.05, 0) is 25.0 Å². The molecule has 0 saturated heterocycles. The lowest BCUT2D eigenvalue weighted by Gasteiger charge is -2.04. The predicted molar refractivity (Wildman–Crippen MR) is 62.5 cm³/mol. The third-order valence-electron chi connectivity index (χ3n) is 2.67. The first kappa shape index (κ1) is 10.8. The Morgan fingerprint density at radius 1 is 1.39 bits per heavy atom. The van der Waals surface area contributed by atoms with E-state index in [1.165, 1.54) is 6.07 Å². The lowest BCUT2D eigenvalue weighted by Crippen LogP contribution is -1.95. The molecule has 1 heterocycles. The molecule has 5 nitrogen and oxygen atoms in total. The van der Waals surface area contributed by atoms with Gasteiger partial charge >= 0.3 is 5.97 Å². The summed E-state index contributed by atoms with van der Waals surface area (Å²) in [6, 6.07) is 8.77. The van der Waals surface area contributed by atoms with Gasteiger partial charge in [-0.3, -0.25) is 0 Å². The maximum Gasteiger partial charge on any atom is 0.358 e. The van der Waals surface area contributed by atoms with Crippen LogP contribution in [0.15, 0.2) is 34.9 Å². The highest BCUT2D eigenvalue weighted by Crippen LogP contribution is 2.30. The summed E-state index contributed by atoms with van der Waals surface area (Å²) in [5, 5.41) is 12.3. The molecule has 0 amide bonds. The number of carboxylic acids is 1. The lowest BCUT2D eigenvalue weighted by molar-refractivity contribution is 0.0686. The number of carboxylic acid groups (broad SMARTS) is 1. The quantitative estimate of drug-likeness (QED) is 0.896. The van der Waals surface area contributed by atoms with E-state index in [-0.39, 0.29) is 5.69 Å². The van der Waals surface area contributed by atoms with E-state index >= 15 is 0 Å². The number of rotatable bonds is 4. The van der Waals surface area contributed by atoms with Gasteiger partial charge in [0, 0.05) is 11.6 Å². The minimum atomic E-state index is -1.10. The normalized spacial score (nSPS) is 14.4. The van der Waals surface area contributed by atoms with Crippen molar-refractivity contribution in [1.29, 1.82) is 0 Å². The van der Waals surface area contributed by atoms with E-state index in [2.05, 4.69) is 5.16 Å². The number of hydrogen-bond acceptors (Lipinski definition) is 4. The van der Waals surface area contributed by atoms with Crippen molar-refractivity contribution in [3.8, 4) is 17.1 Å². The summed E-state index contributed by atoms with van der Waals surface area (Å²) in [5.41, 5.74) is 0.659. The minimum absolute atomic E-state index is 0.0986. The molecule has 2 aromatic rings. The average molecular weight is 245 g/mol. The van der Waals surface area contributed by atoms with Crippen molar-refractivity contribution in [3.63, 3.8) is 0 Å². The number of benzene rings is 1. The molecule has 92 valence electrons. The Kier molecular flexibility index (Phi) is 2.51. The number of aromatic carboxylic acids is 1. The Balaban J connectivity index is 1.87. The highest BCUT2D eigenvalue weighted by atomic mass is 16.5. The van der Waals surface area contributed by atoms with Crippen LogP contribution in [0.3, 0.4) is 0 Å². The molecule has 0 radical (unpaired) electrons. The first-order valence-corrected chi connectivity index (χ1v) is 5.69. The van der Waals surface area contributed by atoms with Gasteiger partial charge in [-0.2, -0.15) is 0 Å². The molecule has 0 unspecified atom stereocenters. The summed E-state index contributed by atoms with van der Waals surface area (Å²) in [4.78, 5) is 10.7. The molecule has 1 aliphatic rings. The van der Waals surface area contributed by atoms with Crippen LogP contribution in [0.2, 0.25) is 0 Å². The van der Waals surface area contributed by atoms with Gasteiger partial charge in [0.2, 0.25) is 0 Å². The summed E-state index contributed by atoms with van der Waals surface area (Å²) >= 11 is 0. The van der Waals surface area contributed by atoms with E-state index in [1.54, 1.807) is 0 Å². The van der Waals surface area contributed by atoms with E-state index in [1.807, 2.05) is 24.3 Å². The summed E-state index contributed by atoms with van der Waals surface area (Å²) in [7, 11) is 0. The van der Waals surface area contributed by atoms with Gasteiger partial charge in [0.15, 0.2) is 11.5 Å². The van der Waals surface area contributed by atoms with Crippen molar-refractivity contribution in [2.75, 3.05) is 0 Å². The molecule has 0 spiro atoms. The second-order valence-electron chi connectivity index (χ2n) is 4.23. The zero-order valence-corrected chi connectivity index (χ0v) is 9.50. The fourth-order valence-corrected chi connectivity index (χ4v) is 1.61. The highest BCUT2D eigenvalue weighted by molar-refractivity contribution is 5.86. The second-order valence-corrected chi connectivity index (χ2v) is 4.23. The third kappa shape index (κ3) is 2.20. The molecule has 0 bridgehead atoms. The Morgan fingerprint density at radius 3 is 2.89 bits per heavy atom. The number of carbonyl (C=O) groups is 1. The maximum atomic E-state index is 10.7. The van der Waals surface area contributed by atoms with Gasteiger partial charge < -0.3 is 14.4 Å². The van der Waals surface area contributed by atoms with Crippen molar-refractivity contribution in [2.24, 2.45) is 0 Å². The van der Waals surface area contributed by atoms with Crippen LogP contribution in [0.4, 0.5) is 0 Å². The van der Waals surface area contributed by atoms with E-state index in [0.717, 1.165) is 24.2 Å². The molecule has 1 N–H and O–H groups in total. The van der Waals surface area contributed by atoms with Crippen LogP contribution < -0.4 is 4.74 Å². The van der Waals surface area contributed by atoms with Crippen LogP contribution in [0.25, 0.3) is 11.3 Å². The molecule has 0 atom stereocenters. The molecule has 0 aliphatic heterocycles. The summed E-state index contributed by atoms with van der Waals surface area (Å²) in [6.45, 7) is 0. The Hall–Kier alpha value is -2.30. The van der Waals surface area contributed by atoms with Crippen LogP contribution in [0.1, 0.15) is 23.3 Å². The van der Waals surface area contributed by atoms with Crippen molar-refractivity contribution in [3.05, 3.63) is 36.0 Å². The monoisotopic (exact) mass is 245 g/mol. The molecule has 3 rings (SSSR count). The van der Waals surface area contributed by atoms with E-state index < -0.39 is 5.97 Å². The topological polar surface area (TPSA) is 72.6 Å². The van der Waals surface area contributed by atoms with Gasteiger partial charge in [0.1, 0.15) is 5.75 Å². The zero-order chi connectivity index (χ0) is 12.5. The van der Waals surface area contributed by atoms with Crippen LogP contribution in [-0.2, 0) is 0 Å². The van der Waals surface area contributed by atoms with Crippen molar-refractivity contribution in [2.45, 2.75) is 18.9 Å². The number of aromatic nitrogens is 1. The van der Waals surface area contributed by atoms with Crippen LogP contribution in [0.5, 0.6) is 5.75 Å². The van der Waals surface area contributed by atoms with Gasteiger partial charge in [-0.15, -0.1) is 0 Å². The summed E-state index contributed by atoms with van der Waals surface area (Å²) in [5.74, 6) is 0.0901. The van der Waals surface area contributed by atoms with Crippen molar-refractivity contribution >= 4 is 5.97 Å².